The number of ether oxygens (including phenoxy) is 1. The third kappa shape index (κ3) is 1.84. The number of hydrogen-bond donors (Lipinski definition) is 1. The molecule has 2 N–H and O–H groups in total. The SMILES string of the molecule is CC1(c2ccc(Br)cc2F)COC(N)=N1. The highest BCUT2D eigenvalue weighted by Crippen LogP contribution is 2.32. The van der Waals surface area contributed by atoms with Crippen LogP contribution in [-0.2, 0) is 10.3 Å². The molecule has 15 heavy (non-hydrogen) atoms. The van der Waals surface area contributed by atoms with Gasteiger partial charge in [-0.25, -0.2) is 9.38 Å². The molecule has 0 bridgehead atoms. The summed E-state index contributed by atoms with van der Waals surface area (Å²) in [7, 11) is 0. The maximum Gasteiger partial charge on any atom is 0.283 e. The average Bonchev–Trinajstić information content (AvgIpc) is 2.46. The topological polar surface area (TPSA) is 47.6 Å². The summed E-state index contributed by atoms with van der Waals surface area (Å²) in [5, 5.41) is 0. The molecule has 80 valence electrons. The molecule has 2 rings (SSSR count). The normalized spacial score (nSPS) is 24.9. The summed E-state index contributed by atoms with van der Waals surface area (Å²) in [6.07, 6.45) is 0. The van der Waals surface area contributed by atoms with E-state index in [-0.39, 0.29) is 18.4 Å². The van der Waals surface area contributed by atoms with Crippen LogP contribution in [0.15, 0.2) is 27.7 Å². The lowest BCUT2D eigenvalue weighted by Gasteiger charge is -2.19. The van der Waals surface area contributed by atoms with Gasteiger partial charge in [0.25, 0.3) is 6.02 Å². The van der Waals surface area contributed by atoms with Crippen molar-refractivity contribution in [3.63, 3.8) is 0 Å². The first-order valence-electron chi connectivity index (χ1n) is 4.45. The first-order valence-corrected chi connectivity index (χ1v) is 5.24. The van der Waals surface area contributed by atoms with Crippen LogP contribution in [0.2, 0.25) is 0 Å². The third-order valence-corrected chi connectivity index (χ3v) is 2.86. The quantitative estimate of drug-likeness (QED) is 0.852. The minimum Gasteiger partial charge on any atom is -0.462 e. The van der Waals surface area contributed by atoms with Crippen LogP contribution >= 0.6 is 15.9 Å². The molecule has 0 fully saturated rings. The Kier molecular flexibility index (Phi) is 2.42. The number of halogens is 2. The van der Waals surface area contributed by atoms with Gasteiger partial charge in [-0.2, -0.15) is 0 Å². The molecule has 3 nitrogen and oxygen atoms in total. The summed E-state index contributed by atoms with van der Waals surface area (Å²) in [5.74, 6) is -0.311. The van der Waals surface area contributed by atoms with Gasteiger partial charge in [-0.3, -0.25) is 0 Å². The van der Waals surface area contributed by atoms with E-state index < -0.39 is 5.54 Å². The summed E-state index contributed by atoms with van der Waals surface area (Å²) in [6, 6.07) is 4.98. The summed E-state index contributed by atoms with van der Waals surface area (Å²) < 4.78 is 19.4. The Balaban J connectivity index is 2.46. The van der Waals surface area contributed by atoms with E-state index in [9.17, 15) is 4.39 Å². The second kappa shape index (κ2) is 3.48. The van der Waals surface area contributed by atoms with Gasteiger partial charge in [-0.15, -0.1) is 0 Å². The van der Waals surface area contributed by atoms with Gasteiger partial charge in [0.15, 0.2) is 0 Å². The van der Waals surface area contributed by atoms with Crippen molar-refractivity contribution in [3.05, 3.63) is 34.1 Å². The molecule has 1 atom stereocenters. The molecule has 0 saturated carbocycles. The van der Waals surface area contributed by atoms with Crippen molar-refractivity contribution in [1.82, 2.24) is 0 Å². The molecule has 0 radical (unpaired) electrons. The molecule has 1 aliphatic heterocycles. The number of benzene rings is 1. The van der Waals surface area contributed by atoms with E-state index in [0.717, 1.165) is 0 Å². The van der Waals surface area contributed by atoms with Crippen LogP contribution < -0.4 is 5.73 Å². The zero-order chi connectivity index (χ0) is 11.1. The maximum absolute atomic E-state index is 13.7. The van der Waals surface area contributed by atoms with Crippen molar-refractivity contribution in [3.8, 4) is 0 Å². The molecule has 1 aromatic rings. The van der Waals surface area contributed by atoms with Crippen LogP contribution in [-0.4, -0.2) is 12.6 Å². The Hall–Kier alpha value is -1.10. The Labute approximate surface area is 95.3 Å². The zero-order valence-electron chi connectivity index (χ0n) is 8.13. The van der Waals surface area contributed by atoms with Crippen molar-refractivity contribution in [1.29, 1.82) is 0 Å². The minimum atomic E-state index is -0.713. The Morgan fingerprint density at radius 2 is 2.33 bits per heavy atom. The van der Waals surface area contributed by atoms with Crippen molar-refractivity contribution >= 4 is 22.0 Å². The lowest BCUT2D eigenvalue weighted by Crippen LogP contribution is -2.22. The predicted octanol–water partition coefficient (Wildman–Crippen LogP) is 2.15. The largest absolute Gasteiger partial charge is 0.462 e. The van der Waals surface area contributed by atoms with Crippen molar-refractivity contribution in [2.24, 2.45) is 10.7 Å². The lowest BCUT2D eigenvalue weighted by molar-refractivity contribution is 0.262. The fourth-order valence-corrected chi connectivity index (χ4v) is 1.92. The highest BCUT2D eigenvalue weighted by Gasteiger charge is 2.35. The van der Waals surface area contributed by atoms with Crippen molar-refractivity contribution in [2.75, 3.05) is 6.61 Å². The van der Waals surface area contributed by atoms with Gasteiger partial charge >= 0.3 is 0 Å². The second-order valence-corrected chi connectivity index (χ2v) is 4.55. The molecule has 0 spiro atoms. The molecule has 1 aliphatic rings. The second-order valence-electron chi connectivity index (χ2n) is 3.64. The van der Waals surface area contributed by atoms with Gasteiger partial charge in [-0.1, -0.05) is 22.0 Å². The third-order valence-electron chi connectivity index (χ3n) is 2.37. The highest BCUT2D eigenvalue weighted by atomic mass is 79.9. The van der Waals surface area contributed by atoms with Gasteiger partial charge in [0.1, 0.15) is 18.0 Å². The maximum atomic E-state index is 13.7. The molecular formula is C10H10BrFN2O. The van der Waals surface area contributed by atoms with Crippen LogP contribution in [0.5, 0.6) is 0 Å². The molecule has 1 unspecified atom stereocenters. The predicted molar refractivity (Wildman–Crippen MR) is 59.0 cm³/mol. The molecule has 0 saturated heterocycles. The van der Waals surface area contributed by atoms with Crippen LogP contribution in [0.25, 0.3) is 0 Å². The molecule has 1 aromatic carbocycles. The van der Waals surface area contributed by atoms with E-state index >= 15 is 0 Å². The smallest absolute Gasteiger partial charge is 0.283 e. The van der Waals surface area contributed by atoms with Crippen molar-refractivity contribution < 1.29 is 9.13 Å². The van der Waals surface area contributed by atoms with E-state index in [1.54, 1.807) is 19.1 Å². The Morgan fingerprint density at radius 3 is 2.87 bits per heavy atom. The summed E-state index contributed by atoms with van der Waals surface area (Å²) >= 11 is 3.20. The minimum absolute atomic E-state index is 0.111. The van der Waals surface area contributed by atoms with Gasteiger partial charge < -0.3 is 10.5 Å². The van der Waals surface area contributed by atoms with E-state index in [1.807, 2.05) is 0 Å². The van der Waals surface area contributed by atoms with E-state index in [4.69, 9.17) is 10.5 Å². The summed E-state index contributed by atoms with van der Waals surface area (Å²) in [5.41, 5.74) is 5.20. The van der Waals surface area contributed by atoms with Gasteiger partial charge in [0.2, 0.25) is 0 Å². The average molecular weight is 273 g/mol. The zero-order valence-corrected chi connectivity index (χ0v) is 9.71. The number of nitrogens with two attached hydrogens (primary N) is 1. The van der Waals surface area contributed by atoms with Crippen molar-refractivity contribution in [2.45, 2.75) is 12.5 Å². The number of rotatable bonds is 1. The number of nitrogens with zero attached hydrogens (tertiary/aromatic N) is 1. The number of aliphatic imine (C=N–C) groups is 1. The van der Waals surface area contributed by atoms with Gasteiger partial charge in [-0.05, 0) is 19.1 Å². The van der Waals surface area contributed by atoms with Crippen LogP contribution in [0.1, 0.15) is 12.5 Å². The number of hydrogen-bond acceptors (Lipinski definition) is 3. The monoisotopic (exact) mass is 272 g/mol. The molecule has 5 heteroatoms. The fraction of sp³-hybridized carbons (Fsp3) is 0.300. The lowest BCUT2D eigenvalue weighted by atomic mass is 9.94. The molecule has 1 heterocycles. The van der Waals surface area contributed by atoms with Crippen LogP contribution in [0.4, 0.5) is 4.39 Å². The fourth-order valence-electron chi connectivity index (χ4n) is 1.59. The standard InChI is InChI=1S/C10H10BrFN2O/c1-10(5-15-9(13)14-10)7-3-2-6(11)4-8(7)12/h2-4H,5H2,1H3,(H2,13,14). The van der Waals surface area contributed by atoms with E-state index in [0.29, 0.717) is 10.0 Å². The van der Waals surface area contributed by atoms with Crippen LogP contribution in [0, 0.1) is 5.82 Å². The first kappa shape index (κ1) is 10.4. The van der Waals surface area contributed by atoms with Gasteiger partial charge in [0, 0.05) is 10.0 Å². The summed E-state index contributed by atoms with van der Waals surface area (Å²) in [4.78, 5) is 4.10. The molecular weight excluding hydrogens is 263 g/mol. The van der Waals surface area contributed by atoms with E-state index in [1.165, 1.54) is 6.07 Å². The van der Waals surface area contributed by atoms with Crippen LogP contribution in [0.3, 0.4) is 0 Å². The highest BCUT2D eigenvalue weighted by molar-refractivity contribution is 9.10. The molecule has 0 aromatic heterocycles. The first-order chi connectivity index (χ1) is 7.01. The Morgan fingerprint density at radius 1 is 1.60 bits per heavy atom. The Bertz CT molecular complexity index is 435. The van der Waals surface area contributed by atoms with E-state index in [2.05, 4.69) is 20.9 Å². The number of amidine groups is 1. The molecule has 0 aliphatic carbocycles. The van der Waals surface area contributed by atoms with Gasteiger partial charge in [0.05, 0.1) is 0 Å². The summed E-state index contributed by atoms with van der Waals surface area (Å²) in [6.45, 7) is 2.07. The molecule has 0 amide bonds.